The number of carbonyl (C=O) groups is 1. The van der Waals surface area contributed by atoms with Gasteiger partial charge in [-0.05, 0) is 69.3 Å². The maximum atomic E-state index is 12.5. The Balaban J connectivity index is 1.96. The minimum Gasteiger partial charge on any atom is -0.494 e. The van der Waals surface area contributed by atoms with E-state index in [2.05, 4.69) is 4.72 Å². The molecule has 1 N–H and O–H groups in total. The maximum absolute atomic E-state index is 12.5. The van der Waals surface area contributed by atoms with Crippen LogP contribution in [0.3, 0.4) is 0 Å². The lowest BCUT2D eigenvalue weighted by Crippen LogP contribution is -2.14. The molecule has 0 bridgehead atoms. The summed E-state index contributed by atoms with van der Waals surface area (Å²) in [6.45, 7) is 6.63. The van der Waals surface area contributed by atoms with Crippen molar-refractivity contribution in [1.82, 2.24) is 0 Å². The van der Waals surface area contributed by atoms with Gasteiger partial charge in [0.1, 0.15) is 12.4 Å². The van der Waals surface area contributed by atoms with Gasteiger partial charge in [-0.15, -0.1) is 0 Å². The number of rotatable bonds is 10. The molecule has 0 aliphatic carbocycles. The molecular weight excluding hydrogens is 382 g/mol. The van der Waals surface area contributed by atoms with Crippen molar-refractivity contribution in [2.45, 2.75) is 31.8 Å². The number of esters is 1. The highest BCUT2D eigenvalue weighted by atomic mass is 32.2. The first kappa shape index (κ1) is 21.7. The Morgan fingerprint density at radius 2 is 1.64 bits per heavy atom. The summed E-state index contributed by atoms with van der Waals surface area (Å²) < 4.78 is 43.1. The Hall–Kier alpha value is -2.58. The first-order valence-electron chi connectivity index (χ1n) is 8.96. The molecule has 0 saturated carbocycles. The lowest BCUT2D eigenvalue weighted by atomic mass is 10.2. The van der Waals surface area contributed by atoms with Crippen molar-refractivity contribution in [2.24, 2.45) is 0 Å². The zero-order chi connectivity index (χ0) is 20.6. The molecule has 0 fully saturated rings. The summed E-state index contributed by atoms with van der Waals surface area (Å²) in [6.07, 6.45) is 0.0707. The molecule has 28 heavy (non-hydrogen) atoms. The van der Waals surface area contributed by atoms with E-state index in [1.54, 1.807) is 12.1 Å². The first-order valence-corrected chi connectivity index (χ1v) is 10.4. The Bertz CT molecular complexity index is 861. The third-order valence-electron chi connectivity index (χ3n) is 3.59. The van der Waals surface area contributed by atoms with Crippen molar-refractivity contribution < 1.29 is 27.4 Å². The van der Waals surface area contributed by atoms with Crippen LogP contribution < -0.4 is 9.46 Å². The van der Waals surface area contributed by atoms with Gasteiger partial charge in [0.2, 0.25) is 0 Å². The highest BCUT2D eigenvalue weighted by Gasteiger charge is 2.15. The Kier molecular flexibility index (Phi) is 7.83. The van der Waals surface area contributed by atoms with Crippen LogP contribution in [-0.2, 0) is 19.5 Å². The van der Waals surface area contributed by atoms with E-state index in [0.29, 0.717) is 30.2 Å². The van der Waals surface area contributed by atoms with Crippen LogP contribution >= 0.6 is 0 Å². The maximum Gasteiger partial charge on any atom is 0.338 e. The molecule has 0 spiro atoms. The number of sulfonamides is 1. The Morgan fingerprint density at radius 3 is 2.21 bits per heavy atom. The van der Waals surface area contributed by atoms with E-state index in [9.17, 15) is 13.2 Å². The standard InChI is InChI=1S/C20H25NO6S/c1-4-25-18-9-11-19(12-10-18)28(23,24)21-17-7-5-16(6-8-17)20(22)27-14-13-26-15(2)3/h5-12,15,21H,4,13-14H2,1-3H3. The van der Waals surface area contributed by atoms with Crippen LogP contribution in [0.1, 0.15) is 31.1 Å². The predicted molar refractivity (Wildman–Crippen MR) is 106 cm³/mol. The molecule has 152 valence electrons. The molecule has 0 radical (unpaired) electrons. The molecule has 8 heteroatoms. The van der Waals surface area contributed by atoms with Gasteiger partial charge in [0.15, 0.2) is 0 Å². The van der Waals surface area contributed by atoms with Crippen LogP contribution in [0.15, 0.2) is 53.4 Å². The van der Waals surface area contributed by atoms with Gasteiger partial charge in [-0.1, -0.05) is 0 Å². The summed E-state index contributed by atoms with van der Waals surface area (Å²) in [7, 11) is -3.74. The van der Waals surface area contributed by atoms with E-state index in [4.69, 9.17) is 14.2 Å². The van der Waals surface area contributed by atoms with Crippen molar-refractivity contribution in [1.29, 1.82) is 0 Å². The van der Waals surface area contributed by atoms with Crippen molar-refractivity contribution >= 4 is 21.7 Å². The normalized spacial score (nSPS) is 11.3. The van der Waals surface area contributed by atoms with Crippen molar-refractivity contribution in [3.05, 3.63) is 54.1 Å². The van der Waals surface area contributed by atoms with Gasteiger partial charge >= 0.3 is 5.97 Å². The van der Waals surface area contributed by atoms with E-state index in [-0.39, 0.29) is 17.6 Å². The molecule has 0 aliphatic rings. The molecular formula is C20H25NO6S. The van der Waals surface area contributed by atoms with Crippen molar-refractivity contribution in [3.63, 3.8) is 0 Å². The zero-order valence-corrected chi connectivity index (χ0v) is 17.0. The van der Waals surface area contributed by atoms with Gasteiger partial charge in [0.05, 0.1) is 29.8 Å². The molecule has 2 aromatic carbocycles. The molecule has 0 heterocycles. The van der Waals surface area contributed by atoms with Crippen LogP contribution in [-0.4, -0.2) is 40.3 Å². The number of ether oxygens (including phenoxy) is 3. The highest BCUT2D eigenvalue weighted by Crippen LogP contribution is 2.20. The number of nitrogens with one attached hydrogen (secondary N) is 1. The fraction of sp³-hybridized carbons (Fsp3) is 0.350. The summed E-state index contributed by atoms with van der Waals surface area (Å²) >= 11 is 0. The third-order valence-corrected chi connectivity index (χ3v) is 4.98. The first-order chi connectivity index (χ1) is 13.3. The van der Waals surface area contributed by atoms with E-state index in [1.807, 2.05) is 20.8 Å². The number of hydrogen-bond donors (Lipinski definition) is 1. The minimum atomic E-state index is -3.74. The molecule has 2 aromatic rings. The second-order valence-electron chi connectivity index (χ2n) is 6.14. The van der Waals surface area contributed by atoms with Crippen LogP contribution in [0.25, 0.3) is 0 Å². The van der Waals surface area contributed by atoms with Gasteiger partial charge in [-0.3, -0.25) is 4.72 Å². The number of hydrogen-bond acceptors (Lipinski definition) is 6. The van der Waals surface area contributed by atoms with Crippen molar-refractivity contribution in [2.75, 3.05) is 24.5 Å². The lowest BCUT2D eigenvalue weighted by Gasteiger charge is -2.10. The molecule has 0 aromatic heterocycles. The van der Waals surface area contributed by atoms with Crippen LogP contribution in [0.4, 0.5) is 5.69 Å². The average molecular weight is 407 g/mol. The smallest absolute Gasteiger partial charge is 0.338 e. The van der Waals surface area contributed by atoms with Gasteiger partial charge < -0.3 is 14.2 Å². The Labute approximate surface area is 165 Å². The molecule has 7 nitrogen and oxygen atoms in total. The monoisotopic (exact) mass is 407 g/mol. The fourth-order valence-electron chi connectivity index (χ4n) is 2.27. The van der Waals surface area contributed by atoms with Gasteiger partial charge in [0, 0.05) is 5.69 Å². The van der Waals surface area contributed by atoms with Crippen molar-refractivity contribution in [3.8, 4) is 5.75 Å². The second-order valence-corrected chi connectivity index (χ2v) is 7.83. The Morgan fingerprint density at radius 1 is 1.00 bits per heavy atom. The van der Waals surface area contributed by atoms with Gasteiger partial charge in [-0.25, -0.2) is 13.2 Å². The average Bonchev–Trinajstić information content (AvgIpc) is 2.66. The number of benzene rings is 2. The SMILES string of the molecule is CCOc1ccc(S(=O)(=O)Nc2ccc(C(=O)OCCOC(C)C)cc2)cc1. The van der Waals surface area contributed by atoms with Crippen LogP contribution in [0.2, 0.25) is 0 Å². The fourth-order valence-corrected chi connectivity index (χ4v) is 3.33. The lowest BCUT2D eigenvalue weighted by molar-refractivity contribution is 0.0177. The third kappa shape index (κ3) is 6.54. The predicted octanol–water partition coefficient (Wildman–Crippen LogP) is 3.47. The zero-order valence-electron chi connectivity index (χ0n) is 16.2. The molecule has 0 aliphatic heterocycles. The number of anilines is 1. The summed E-state index contributed by atoms with van der Waals surface area (Å²) in [4.78, 5) is 12.1. The molecule has 0 unspecified atom stereocenters. The number of carbonyl (C=O) groups excluding carboxylic acids is 1. The molecule has 0 amide bonds. The van der Waals surface area contributed by atoms with Crippen LogP contribution in [0.5, 0.6) is 5.75 Å². The molecule has 0 saturated heterocycles. The largest absolute Gasteiger partial charge is 0.494 e. The summed E-state index contributed by atoms with van der Waals surface area (Å²) in [6, 6.07) is 12.2. The molecule has 0 atom stereocenters. The van der Waals surface area contributed by atoms with E-state index >= 15 is 0 Å². The van der Waals surface area contributed by atoms with E-state index < -0.39 is 16.0 Å². The second kappa shape index (κ2) is 10.1. The minimum absolute atomic E-state index is 0.0707. The summed E-state index contributed by atoms with van der Waals surface area (Å²) in [5, 5.41) is 0. The molecule has 2 rings (SSSR count). The van der Waals surface area contributed by atoms with Gasteiger partial charge in [0.25, 0.3) is 10.0 Å². The highest BCUT2D eigenvalue weighted by molar-refractivity contribution is 7.92. The quantitative estimate of drug-likeness (QED) is 0.479. The van der Waals surface area contributed by atoms with E-state index in [1.165, 1.54) is 36.4 Å². The topological polar surface area (TPSA) is 90.9 Å². The van der Waals surface area contributed by atoms with E-state index in [0.717, 1.165) is 0 Å². The van der Waals surface area contributed by atoms with Gasteiger partial charge in [-0.2, -0.15) is 0 Å². The van der Waals surface area contributed by atoms with Crippen LogP contribution in [0, 0.1) is 0 Å². The summed E-state index contributed by atoms with van der Waals surface area (Å²) in [5.74, 6) is 0.108. The summed E-state index contributed by atoms with van der Waals surface area (Å²) in [5.41, 5.74) is 0.669.